The van der Waals surface area contributed by atoms with E-state index in [-0.39, 0.29) is 0 Å². The largest absolute Gasteiger partial charge is 0.303 e. The Labute approximate surface area is 119 Å². The molecule has 100 valence electrons. The van der Waals surface area contributed by atoms with E-state index in [1.165, 1.54) is 29.7 Å². The van der Waals surface area contributed by atoms with Crippen molar-refractivity contribution in [2.45, 2.75) is 38.3 Å². The molecule has 0 saturated heterocycles. The summed E-state index contributed by atoms with van der Waals surface area (Å²) in [6.07, 6.45) is 4.18. The predicted molar refractivity (Wildman–Crippen MR) is 82.5 cm³/mol. The molecule has 1 aromatic heterocycles. The van der Waals surface area contributed by atoms with Gasteiger partial charge in [0, 0.05) is 10.9 Å². The van der Waals surface area contributed by atoms with Crippen molar-refractivity contribution in [1.29, 1.82) is 0 Å². The van der Waals surface area contributed by atoms with Gasteiger partial charge in [-0.3, -0.25) is 0 Å². The van der Waals surface area contributed by atoms with E-state index >= 15 is 0 Å². The van der Waals surface area contributed by atoms with E-state index in [1.807, 2.05) is 11.3 Å². The van der Waals surface area contributed by atoms with Gasteiger partial charge in [0.2, 0.25) is 0 Å². The van der Waals surface area contributed by atoms with Crippen LogP contribution in [0.4, 0.5) is 0 Å². The van der Waals surface area contributed by atoms with Crippen molar-refractivity contribution >= 4 is 11.3 Å². The molecule has 1 saturated carbocycles. The van der Waals surface area contributed by atoms with Gasteiger partial charge in [0.25, 0.3) is 0 Å². The van der Waals surface area contributed by atoms with Gasteiger partial charge >= 0.3 is 0 Å². The first kappa shape index (κ1) is 12.9. The minimum atomic E-state index is 0.343. The normalized spacial score (nSPS) is 18.2. The van der Waals surface area contributed by atoms with Gasteiger partial charge in [-0.1, -0.05) is 49.2 Å². The molecule has 1 heterocycles. The van der Waals surface area contributed by atoms with Crippen molar-refractivity contribution in [2.24, 2.45) is 5.92 Å². The summed E-state index contributed by atoms with van der Waals surface area (Å²) in [7, 11) is 0. The van der Waals surface area contributed by atoms with Crippen LogP contribution in [-0.4, -0.2) is 6.04 Å². The molecule has 1 fully saturated rings. The summed E-state index contributed by atoms with van der Waals surface area (Å²) in [5.41, 5.74) is 1.37. The SMILES string of the molecule is CC(CC1CC1)NC(c1ccccc1)c1cccs1. The van der Waals surface area contributed by atoms with Crippen LogP contribution in [0.1, 0.15) is 42.7 Å². The molecular formula is C17H21NS. The molecule has 0 amide bonds. The molecule has 1 N–H and O–H groups in total. The average molecular weight is 271 g/mol. The molecule has 2 atom stereocenters. The van der Waals surface area contributed by atoms with Gasteiger partial charge in [-0.05, 0) is 36.3 Å². The number of thiophene rings is 1. The molecular weight excluding hydrogens is 250 g/mol. The zero-order valence-corrected chi connectivity index (χ0v) is 12.2. The zero-order chi connectivity index (χ0) is 13.1. The van der Waals surface area contributed by atoms with Crippen LogP contribution in [0.2, 0.25) is 0 Å². The van der Waals surface area contributed by atoms with Crippen LogP contribution >= 0.6 is 11.3 Å². The quantitative estimate of drug-likeness (QED) is 0.808. The lowest BCUT2D eigenvalue weighted by atomic mass is 10.0. The Hall–Kier alpha value is -1.12. The summed E-state index contributed by atoms with van der Waals surface area (Å²) < 4.78 is 0. The second kappa shape index (κ2) is 5.89. The van der Waals surface area contributed by atoms with Gasteiger partial charge in [0.05, 0.1) is 6.04 Å². The van der Waals surface area contributed by atoms with Gasteiger partial charge in [-0.15, -0.1) is 11.3 Å². The maximum Gasteiger partial charge on any atom is 0.0673 e. The Morgan fingerprint density at radius 1 is 1.16 bits per heavy atom. The lowest BCUT2D eigenvalue weighted by molar-refractivity contribution is 0.456. The second-order valence-electron chi connectivity index (χ2n) is 5.61. The molecule has 1 aromatic carbocycles. The molecule has 0 spiro atoms. The molecule has 2 unspecified atom stereocenters. The van der Waals surface area contributed by atoms with Crippen molar-refractivity contribution in [1.82, 2.24) is 5.32 Å². The Morgan fingerprint density at radius 3 is 2.58 bits per heavy atom. The maximum atomic E-state index is 3.82. The van der Waals surface area contributed by atoms with E-state index in [0.29, 0.717) is 12.1 Å². The molecule has 1 nitrogen and oxygen atoms in total. The van der Waals surface area contributed by atoms with Crippen molar-refractivity contribution < 1.29 is 0 Å². The van der Waals surface area contributed by atoms with Crippen molar-refractivity contribution in [3.05, 3.63) is 58.3 Å². The van der Waals surface area contributed by atoms with Crippen LogP contribution in [0.5, 0.6) is 0 Å². The first-order valence-corrected chi connectivity index (χ1v) is 8.05. The van der Waals surface area contributed by atoms with Gasteiger partial charge in [0.1, 0.15) is 0 Å². The van der Waals surface area contributed by atoms with Crippen LogP contribution in [-0.2, 0) is 0 Å². The topological polar surface area (TPSA) is 12.0 Å². The van der Waals surface area contributed by atoms with Crippen molar-refractivity contribution in [3.63, 3.8) is 0 Å². The Bertz CT molecular complexity index is 487. The highest BCUT2D eigenvalue weighted by atomic mass is 32.1. The molecule has 0 radical (unpaired) electrons. The molecule has 0 aliphatic heterocycles. The summed E-state index contributed by atoms with van der Waals surface area (Å²) in [4.78, 5) is 1.41. The van der Waals surface area contributed by atoms with E-state index in [4.69, 9.17) is 0 Å². The number of hydrogen-bond acceptors (Lipinski definition) is 2. The Morgan fingerprint density at radius 2 is 1.95 bits per heavy atom. The molecule has 1 aliphatic carbocycles. The summed E-state index contributed by atoms with van der Waals surface area (Å²) >= 11 is 1.84. The highest BCUT2D eigenvalue weighted by Gasteiger charge is 2.25. The molecule has 2 heteroatoms. The summed E-state index contributed by atoms with van der Waals surface area (Å²) in [5, 5.41) is 5.98. The Kier molecular flexibility index (Phi) is 4.00. The molecule has 19 heavy (non-hydrogen) atoms. The van der Waals surface area contributed by atoms with Crippen LogP contribution in [0.3, 0.4) is 0 Å². The molecule has 0 bridgehead atoms. The fourth-order valence-electron chi connectivity index (χ4n) is 2.65. The maximum absolute atomic E-state index is 3.82. The third kappa shape index (κ3) is 3.46. The Balaban J connectivity index is 1.76. The molecule has 3 rings (SSSR count). The van der Waals surface area contributed by atoms with Gasteiger partial charge in [-0.25, -0.2) is 0 Å². The first-order valence-electron chi connectivity index (χ1n) is 7.17. The van der Waals surface area contributed by atoms with Crippen LogP contribution in [0.15, 0.2) is 47.8 Å². The van der Waals surface area contributed by atoms with Gasteiger partial charge in [-0.2, -0.15) is 0 Å². The summed E-state index contributed by atoms with van der Waals surface area (Å²) in [6, 6.07) is 16.1. The lowest BCUT2D eigenvalue weighted by Gasteiger charge is -2.23. The third-order valence-corrected chi connectivity index (χ3v) is 4.73. The second-order valence-corrected chi connectivity index (χ2v) is 6.59. The van der Waals surface area contributed by atoms with E-state index in [1.54, 1.807) is 0 Å². The van der Waals surface area contributed by atoms with Crippen LogP contribution in [0, 0.1) is 5.92 Å². The number of nitrogens with one attached hydrogen (secondary N) is 1. The van der Waals surface area contributed by atoms with Gasteiger partial charge in [0.15, 0.2) is 0 Å². The number of hydrogen-bond donors (Lipinski definition) is 1. The molecule has 2 aromatic rings. The fraction of sp³-hybridized carbons (Fsp3) is 0.412. The first-order chi connectivity index (χ1) is 9.33. The smallest absolute Gasteiger partial charge is 0.0673 e. The van der Waals surface area contributed by atoms with Crippen molar-refractivity contribution in [2.75, 3.05) is 0 Å². The highest BCUT2D eigenvalue weighted by molar-refractivity contribution is 7.10. The summed E-state index contributed by atoms with van der Waals surface area (Å²) in [6.45, 7) is 2.32. The standard InChI is InChI=1S/C17H21NS/c1-13(12-14-9-10-14)18-17(16-8-5-11-19-16)15-6-3-2-4-7-15/h2-8,11,13-14,17-18H,9-10,12H2,1H3. The third-order valence-electron chi connectivity index (χ3n) is 3.80. The number of rotatable bonds is 6. The average Bonchev–Trinajstić information content (AvgIpc) is 3.08. The van der Waals surface area contributed by atoms with Crippen LogP contribution < -0.4 is 5.32 Å². The van der Waals surface area contributed by atoms with Crippen LogP contribution in [0.25, 0.3) is 0 Å². The summed E-state index contributed by atoms with van der Waals surface area (Å²) in [5.74, 6) is 0.974. The fourth-order valence-corrected chi connectivity index (χ4v) is 3.46. The highest BCUT2D eigenvalue weighted by Crippen LogP contribution is 2.34. The molecule has 1 aliphatic rings. The predicted octanol–water partition coefficient (Wildman–Crippen LogP) is 4.62. The van der Waals surface area contributed by atoms with E-state index < -0.39 is 0 Å². The monoisotopic (exact) mass is 271 g/mol. The van der Waals surface area contributed by atoms with Gasteiger partial charge < -0.3 is 5.32 Å². The van der Waals surface area contributed by atoms with Crippen molar-refractivity contribution in [3.8, 4) is 0 Å². The minimum absolute atomic E-state index is 0.343. The number of benzene rings is 1. The van der Waals surface area contributed by atoms with E-state index in [9.17, 15) is 0 Å². The minimum Gasteiger partial charge on any atom is -0.303 e. The lowest BCUT2D eigenvalue weighted by Crippen LogP contribution is -2.31. The van der Waals surface area contributed by atoms with E-state index in [2.05, 4.69) is 60.1 Å². The van der Waals surface area contributed by atoms with E-state index in [0.717, 1.165) is 5.92 Å². The zero-order valence-electron chi connectivity index (χ0n) is 11.4.